The number of hydrogen-bond donors (Lipinski definition) is 2. The second kappa shape index (κ2) is 8.59. The summed E-state index contributed by atoms with van der Waals surface area (Å²) in [5.41, 5.74) is 6.29. The van der Waals surface area contributed by atoms with Gasteiger partial charge in [-0.1, -0.05) is 35.9 Å². The minimum absolute atomic E-state index is 0.696. The third-order valence-corrected chi connectivity index (χ3v) is 5.96. The highest BCUT2D eigenvalue weighted by Gasteiger charge is 2.14. The van der Waals surface area contributed by atoms with Crippen LogP contribution < -0.4 is 5.32 Å². The normalized spacial score (nSPS) is 11.5. The van der Waals surface area contributed by atoms with E-state index in [0.29, 0.717) is 5.95 Å². The fourth-order valence-electron chi connectivity index (χ4n) is 3.97. The molecule has 32 heavy (non-hydrogen) atoms. The molecule has 3 heterocycles. The van der Waals surface area contributed by atoms with Crippen LogP contribution in [0.2, 0.25) is 5.02 Å². The summed E-state index contributed by atoms with van der Waals surface area (Å²) in [6.07, 6.45) is 2.44. The Morgan fingerprint density at radius 2 is 1.78 bits per heavy atom. The van der Waals surface area contributed by atoms with Crippen molar-refractivity contribution < 1.29 is 0 Å². The number of halogens is 1. The Hall–Kier alpha value is -3.45. The van der Waals surface area contributed by atoms with Crippen LogP contribution in [0.5, 0.6) is 0 Å². The van der Waals surface area contributed by atoms with Crippen LogP contribution in [-0.4, -0.2) is 36.3 Å². The molecule has 0 amide bonds. The van der Waals surface area contributed by atoms with Crippen LogP contribution in [0, 0.1) is 13.8 Å². The first-order valence-corrected chi connectivity index (χ1v) is 11.1. The molecule has 2 aromatic carbocycles. The van der Waals surface area contributed by atoms with E-state index < -0.39 is 0 Å². The number of nitrogens with zero attached hydrogens (tertiary/aromatic N) is 5. The molecule has 2 N–H and O–H groups in total. The van der Waals surface area contributed by atoms with Crippen LogP contribution in [-0.2, 0) is 19.3 Å². The molecule has 3 aromatic heterocycles. The monoisotopic (exact) mass is 445 g/mol. The van der Waals surface area contributed by atoms with E-state index in [2.05, 4.69) is 15.5 Å². The lowest BCUT2D eigenvalue weighted by Gasteiger charge is -2.09. The number of fused-ring (bicyclic) bond motifs is 3. The van der Waals surface area contributed by atoms with Crippen molar-refractivity contribution in [3.63, 3.8) is 0 Å². The number of aromatic amines is 1. The first-order valence-electron chi connectivity index (χ1n) is 10.7. The highest BCUT2D eigenvalue weighted by molar-refractivity contribution is 6.30. The average molecular weight is 446 g/mol. The van der Waals surface area contributed by atoms with E-state index in [1.807, 2.05) is 66.9 Å². The third kappa shape index (κ3) is 4.03. The Morgan fingerprint density at radius 3 is 2.56 bits per heavy atom. The number of hydrogen-bond acceptors (Lipinski definition) is 5. The van der Waals surface area contributed by atoms with Crippen LogP contribution >= 0.6 is 11.6 Å². The summed E-state index contributed by atoms with van der Waals surface area (Å²) in [4.78, 5) is 9.68. The van der Waals surface area contributed by atoms with Crippen molar-refractivity contribution in [2.75, 3.05) is 11.9 Å². The summed E-state index contributed by atoms with van der Waals surface area (Å²) in [7, 11) is 0. The number of nitrogens with one attached hydrogen (secondary N) is 2. The molecule has 0 aliphatic rings. The zero-order valence-corrected chi connectivity index (χ0v) is 18.8. The van der Waals surface area contributed by atoms with Crippen molar-refractivity contribution in [1.29, 1.82) is 0 Å². The van der Waals surface area contributed by atoms with Crippen LogP contribution in [0.15, 0.2) is 48.5 Å². The summed E-state index contributed by atoms with van der Waals surface area (Å²) in [6, 6.07) is 16.0. The molecule has 5 rings (SSSR count). The summed E-state index contributed by atoms with van der Waals surface area (Å²) in [5, 5.41) is 17.3. The minimum atomic E-state index is 0.696. The predicted molar refractivity (Wildman–Crippen MR) is 127 cm³/mol. The van der Waals surface area contributed by atoms with E-state index >= 15 is 0 Å². The number of para-hydroxylation sites is 1. The molecule has 0 spiro atoms. The number of H-pyrrole nitrogens is 1. The van der Waals surface area contributed by atoms with Gasteiger partial charge in [0.15, 0.2) is 11.5 Å². The van der Waals surface area contributed by atoms with E-state index in [0.717, 1.165) is 64.6 Å². The summed E-state index contributed by atoms with van der Waals surface area (Å²) in [6.45, 7) is 4.80. The highest BCUT2D eigenvalue weighted by atomic mass is 35.5. The van der Waals surface area contributed by atoms with E-state index in [1.54, 1.807) is 0 Å². The van der Waals surface area contributed by atoms with Crippen molar-refractivity contribution in [2.45, 2.75) is 33.1 Å². The molecule has 0 unspecified atom stereocenters. The van der Waals surface area contributed by atoms with Crippen LogP contribution in [0.3, 0.4) is 0 Å². The van der Waals surface area contributed by atoms with Gasteiger partial charge in [-0.2, -0.15) is 9.61 Å². The zero-order chi connectivity index (χ0) is 22.1. The maximum absolute atomic E-state index is 5.99. The lowest BCUT2D eigenvalue weighted by Crippen LogP contribution is -2.11. The maximum Gasteiger partial charge on any atom is 0.226 e. The summed E-state index contributed by atoms with van der Waals surface area (Å²) >= 11 is 5.99. The van der Waals surface area contributed by atoms with Gasteiger partial charge in [0, 0.05) is 29.1 Å². The Balaban J connectivity index is 1.42. The SMILES string of the molecule is Cc1n[nH]c(C)c1CCc1nc2c3ccccc3nc(NCCc3ccc(Cl)cc3)n2n1. The van der Waals surface area contributed by atoms with E-state index in [1.165, 1.54) is 11.1 Å². The second-order valence-electron chi connectivity index (χ2n) is 7.93. The van der Waals surface area contributed by atoms with Gasteiger partial charge in [0.1, 0.15) is 0 Å². The standard InChI is InChI=1S/C24H24ClN7/c1-15-19(16(2)30-29-15)11-12-22-28-23-20-5-3-4-6-21(20)27-24(32(23)31-22)26-14-13-17-7-9-18(25)10-8-17/h3-10H,11-14H2,1-2H3,(H,26,27)(H,29,30). The van der Waals surface area contributed by atoms with Crippen molar-refractivity contribution >= 4 is 34.1 Å². The van der Waals surface area contributed by atoms with Gasteiger partial charge in [-0.15, -0.1) is 5.10 Å². The molecule has 0 radical (unpaired) electrons. The van der Waals surface area contributed by atoms with Crippen molar-refractivity contribution in [1.82, 2.24) is 29.8 Å². The molecule has 8 heteroatoms. The number of aryl methyl sites for hydroxylation is 3. The Labute approximate surface area is 190 Å². The Bertz CT molecular complexity index is 1370. The molecule has 0 saturated heterocycles. The van der Waals surface area contributed by atoms with E-state index in [9.17, 15) is 0 Å². The molecule has 0 atom stereocenters. The molecule has 0 aliphatic carbocycles. The molecule has 0 saturated carbocycles. The van der Waals surface area contributed by atoms with Crippen molar-refractivity contribution in [2.24, 2.45) is 0 Å². The third-order valence-electron chi connectivity index (χ3n) is 5.71. The van der Waals surface area contributed by atoms with Gasteiger partial charge in [-0.25, -0.2) is 9.97 Å². The largest absolute Gasteiger partial charge is 0.354 e. The lowest BCUT2D eigenvalue weighted by molar-refractivity contribution is 0.822. The maximum atomic E-state index is 5.99. The van der Waals surface area contributed by atoms with Crippen LogP contribution in [0.25, 0.3) is 16.6 Å². The van der Waals surface area contributed by atoms with E-state index in [-0.39, 0.29) is 0 Å². The van der Waals surface area contributed by atoms with Gasteiger partial charge in [0.25, 0.3) is 0 Å². The molecule has 5 aromatic rings. The molecule has 0 bridgehead atoms. The average Bonchev–Trinajstić information content (AvgIpc) is 3.37. The molecule has 0 aliphatic heterocycles. The molecule has 162 valence electrons. The van der Waals surface area contributed by atoms with Gasteiger partial charge in [-0.05, 0) is 62.1 Å². The van der Waals surface area contributed by atoms with Crippen molar-refractivity contribution in [3.05, 3.63) is 81.9 Å². The van der Waals surface area contributed by atoms with Gasteiger partial charge in [0.2, 0.25) is 5.95 Å². The number of benzene rings is 2. The molecule has 0 fully saturated rings. The van der Waals surface area contributed by atoms with Gasteiger partial charge >= 0.3 is 0 Å². The fraction of sp³-hybridized carbons (Fsp3) is 0.250. The minimum Gasteiger partial charge on any atom is -0.354 e. The number of rotatable bonds is 7. The predicted octanol–water partition coefficient (Wildman–Crippen LogP) is 4.71. The summed E-state index contributed by atoms with van der Waals surface area (Å²) < 4.78 is 1.83. The quantitative estimate of drug-likeness (QED) is 0.379. The van der Waals surface area contributed by atoms with E-state index in [4.69, 9.17) is 26.7 Å². The second-order valence-corrected chi connectivity index (χ2v) is 8.37. The Morgan fingerprint density at radius 1 is 0.969 bits per heavy atom. The van der Waals surface area contributed by atoms with Crippen LogP contribution in [0.4, 0.5) is 5.95 Å². The van der Waals surface area contributed by atoms with Gasteiger partial charge in [0.05, 0.1) is 11.2 Å². The first-order chi connectivity index (χ1) is 15.6. The fourth-order valence-corrected chi connectivity index (χ4v) is 4.09. The van der Waals surface area contributed by atoms with Crippen molar-refractivity contribution in [3.8, 4) is 0 Å². The highest BCUT2D eigenvalue weighted by Crippen LogP contribution is 2.21. The smallest absolute Gasteiger partial charge is 0.226 e. The number of aromatic nitrogens is 6. The molecular formula is C24H24ClN7. The first kappa shape index (κ1) is 20.5. The lowest BCUT2D eigenvalue weighted by atomic mass is 10.1. The number of anilines is 1. The van der Waals surface area contributed by atoms with Gasteiger partial charge in [-0.3, -0.25) is 5.10 Å². The molecule has 7 nitrogen and oxygen atoms in total. The Kier molecular flexibility index (Phi) is 5.49. The topological polar surface area (TPSA) is 83.8 Å². The van der Waals surface area contributed by atoms with Gasteiger partial charge < -0.3 is 5.32 Å². The summed E-state index contributed by atoms with van der Waals surface area (Å²) in [5.74, 6) is 1.49. The van der Waals surface area contributed by atoms with Crippen LogP contribution in [0.1, 0.15) is 28.3 Å². The zero-order valence-electron chi connectivity index (χ0n) is 18.1. The molecular weight excluding hydrogens is 422 g/mol.